The maximum absolute atomic E-state index is 13.6. The van der Waals surface area contributed by atoms with Gasteiger partial charge in [-0.05, 0) is 65.8 Å². The molecular formula is C26H29N3O5S. The fraction of sp³-hybridized carbons (Fsp3) is 0.308. The number of anilines is 1. The first kappa shape index (κ1) is 24.7. The van der Waals surface area contributed by atoms with Crippen molar-refractivity contribution in [2.75, 3.05) is 12.3 Å². The van der Waals surface area contributed by atoms with E-state index >= 15 is 0 Å². The fourth-order valence-electron chi connectivity index (χ4n) is 4.56. The molecule has 9 heteroatoms. The van der Waals surface area contributed by atoms with Gasteiger partial charge in [0.2, 0.25) is 15.9 Å². The number of carbonyl (C=O) groups excluding carboxylic acids is 1. The molecule has 0 aromatic heterocycles. The second-order valence-corrected chi connectivity index (χ2v) is 10.9. The molecule has 3 aromatic rings. The lowest BCUT2D eigenvalue weighted by Crippen LogP contribution is -2.57. The Balaban J connectivity index is 1.67. The summed E-state index contributed by atoms with van der Waals surface area (Å²) in [7, 11) is -4.09. The van der Waals surface area contributed by atoms with Gasteiger partial charge in [-0.3, -0.25) is 4.79 Å². The molecule has 1 fully saturated rings. The number of nitrogen functional groups attached to an aromatic ring is 1. The summed E-state index contributed by atoms with van der Waals surface area (Å²) in [5.41, 5.74) is 7.05. The molecule has 0 saturated carbocycles. The number of nitrogens with zero attached hydrogens (tertiary/aromatic N) is 1. The molecule has 0 bridgehead atoms. The van der Waals surface area contributed by atoms with Crippen LogP contribution in [-0.2, 0) is 26.0 Å². The van der Waals surface area contributed by atoms with Crippen LogP contribution < -0.4 is 10.5 Å². The van der Waals surface area contributed by atoms with Crippen LogP contribution in [0, 0.1) is 5.92 Å². The Morgan fingerprint density at radius 1 is 1.09 bits per heavy atom. The molecule has 1 heterocycles. The van der Waals surface area contributed by atoms with Crippen LogP contribution in [0.25, 0.3) is 10.8 Å². The highest BCUT2D eigenvalue weighted by Crippen LogP contribution is 2.25. The number of nitrogens with one attached hydrogen (secondary N) is 1. The summed E-state index contributed by atoms with van der Waals surface area (Å²) in [6.45, 7) is 2.20. The topological polar surface area (TPSA) is 130 Å². The number of hydrogen-bond donors (Lipinski definition) is 3. The highest BCUT2D eigenvalue weighted by atomic mass is 32.2. The van der Waals surface area contributed by atoms with E-state index < -0.39 is 34.0 Å². The van der Waals surface area contributed by atoms with Gasteiger partial charge in [0, 0.05) is 12.2 Å². The molecule has 8 nitrogen and oxygen atoms in total. The summed E-state index contributed by atoms with van der Waals surface area (Å²) in [6, 6.07) is 16.8. The lowest BCUT2D eigenvalue weighted by Gasteiger charge is -2.38. The predicted octanol–water partition coefficient (Wildman–Crippen LogP) is 3.02. The molecule has 3 atom stereocenters. The van der Waals surface area contributed by atoms with Crippen molar-refractivity contribution in [1.82, 2.24) is 9.62 Å². The van der Waals surface area contributed by atoms with Gasteiger partial charge in [0.1, 0.15) is 12.1 Å². The standard InChI is InChI=1S/C26H29N3O5S/c1-17-11-12-29(24(13-17)26(31)32)25(30)23(15-18-5-4-8-21(27)14-18)28-35(33,34)22-10-9-19-6-2-3-7-20(19)16-22/h2-10,14,16-17,23-24,28H,11-13,15,27H2,1H3,(H,31,32)/t17?,23-,24?/m0/s1. The Hall–Kier alpha value is -3.43. The lowest BCUT2D eigenvalue weighted by molar-refractivity contribution is -0.153. The van der Waals surface area contributed by atoms with E-state index in [2.05, 4.69) is 4.72 Å². The fourth-order valence-corrected chi connectivity index (χ4v) is 5.79. The molecule has 0 spiro atoms. The van der Waals surface area contributed by atoms with Gasteiger partial charge < -0.3 is 15.7 Å². The molecule has 1 aliphatic heterocycles. The minimum Gasteiger partial charge on any atom is -0.480 e. The number of sulfonamides is 1. The molecule has 3 aromatic carbocycles. The van der Waals surface area contributed by atoms with Crippen molar-refractivity contribution in [3.8, 4) is 0 Å². The Labute approximate surface area is 204 Å². The number of carbonyl (C=O) groups is 2. The third kappa shape index (κ3) is 5.63. The van der Waals surface area contributed by atoms with E-state index in [1.807, 2.05) is 31.2 Å². The summed E-state index contributed by atoms with van der Waals surface area (Å²) in [5.74, 6) is -1.50. The molecule has 1 aliphatic rings. The van der Waals surface area contributed by atoms with Gasteiger partial charge >= 0.3 is 5.97 Å². The average molecular weight is 496 g/mol. The number of fused-ring (bicyclic) bond motifs is 1. The van der Waals surface area contributed by atoms with E-state index in [4.69, 9.17) is 5.73 Å². The number of rotatable bonds is 7. The van der Waals surface area contributed by atoms with Crippen LogP contribution in [0.2, 0.25) is 0 Å². The largest absolute Gasteiger partial charge is 0.480 e. The van der Waals surface area contributed by atoms with Crippen LogP contribution in [0.5, 0.6) is 0 Å². The molecule has 35 heavy (non-hydrogen) atoms. The van der Waals surface area contributed by atoms with Crippen LogP contribution in [0.1, 0.15) is 25.3 Å². The van der Waals surface area contributed by atoms with Gasteiger partial charge in [0.05, 0.1) is 4.90 Å². The lowest BCUT2D eigenvalue weighted by atomic mass is 9.91. The van der Waals surface area contributed by atoms with Crippen molar-refractivity contribution in [2.45, 2.75) is 43.2 Å². The normalized spacial score (nSPS) is 19.4. The average Bonchev–Trinajstić information content (AvgIpc) is 2.82. The zero-order chi connectivity index (χ0) is 25.2. The number of hydrogen-bond acceptors (Lipinski definition) is 5. The van der Waals surface area contributed by atoms with E-state index in [-0.39, 0.29) is 23.8 Å². The monoisotopic (exact) mass is 495 g/mol. The smallest absolute Gasteiger partial charge is 0.326 e. The number of benzene rings is 3. The second-order valence-electron chi connectivity index (χ2n) is 9.15. The molecule has 0 aliphatic carbocycles. The Kier molecular flexibility index (Phi) is 7.09. The number of piperidine rings is 1. The zero-order valence-electron chi connectivity index (χ0n) is 19.4. The van der Waals surface area contributed by atoms with Crippen molar-refractivity contribution in [3.63, 3.8) is 0 Å². The third-order valence-electron chi connectivity index (χ3n) is 6.45. The van der Waals surface area contributed by atoms with Crippen LogP contribution in [0.4, 0.5) is 5.69 Å². The van der Waals surface area contributed by atoms with E-state index in [1.54, 1.807) is 36.4 Å². The van der Waals surface area contributed by atoms with Crippen molar-refractivity contribution in [1.29, 1.82) is 0 Å². The minimum atomic E-state index is -4.09. The Morgan fingerprint density at radius 2 is 1.83 bits per heavy atom. The number of nitrogens with two attached hydrogens (primary N) is 1. The maximum atomic E-state index is 13.6. The highest BCUT2D eigenvalue weighted by molar-refractivity contribution is 7.89. The number of amides is 1. The first-order valence-corrected chi connectivity index (χ1v) is 13.0. The van der Waals surface area contributed by atoms with Crippen molar-refractivity contribution in [3.05, 3.63) is 72.3 Å². The molecule has 1 amide bonds. The summed E-state index contributed by atoms with van der Waals surface area (Å²) < 4.78 is 29.3. The summed E-state index contributed by atoms with van der Waals surface area (Å²) in [6.07, 6.45) is 1.01. The molecule has 184 valence electrons. The maximum Gasteiger partial charge on any atom is 0.326 e. The van der Waals surface area contributed by atoms with Crippen LogP contribution >= 0.6 is 0 Å². The van der Waals surface area contributed by atoms with Gasteiger partial charge in [-0.15, -0.1) is 0 Å². The van der Waals surface area contributed by atoms with Crippen LogP contribution in [0.15, 0.2) is 71.6 Å². The first-order valence-electron chi connectivity index (χ1n) is 11.5. The first-order chi connectivity index (χ1) is 16.6. The molecule has 4 N–H and O–H groups in total. The van der Waals surface area contributed by atoms with E-state index in [0.29, 0.717) is 24.1 Å². The second kappa shape index (κ2) is 10.1. The molecular weight excluding hydrogens is 466 g/mol. The number of likely N-dealkylation sites (tertiary alicyclic amines) is 1. The number of carboxylic acids is 1. The Bertz CT molecular complexity index is 1360. The molecule has 4 rings (SSSR count). The van der Waals surface area contributed by atoms with Gasteiger partial charge in [-0.25, -0.2) is 13.2 Å². The number of carboxylic acid groups (broad SMARTS) is 1. The van der Waals surface area contributed by atoms with Crippen molar-refractivity contribution in [2.24, 2.45) is 5.92 Å². The summed E-state index contributed by atoms with van der Waals surface area (Å²) in [5, 5.41) is 11.4. The Morgan fingerprint density at radius 3 is 2.54 bits per heavy atom. The van der Waals surface area contributed by atoms with E-state index in [0.717, 1.165) is 10.8 Å². The highest BCUT2D eigenvalue weighted by Gasteiger charge is 2.39. The van der Waals surface area contributed by atoms with Crippen LogP contribution in [0.3, 0.4) is 0 Å². The van der Waals surface area contributed by atoms with Gasteiger partial charge in [-0.1, -0.05) is 49.4 Å². The minimum absolute atomic E-state index is 0.0311. The third-order valence-corrected chi connectivity index (χ3v) is 7.92. The van der Waals surface area contributed by atoms with Crippen molar-refractivity contribution < 1.29 is 23.1 Å². The van der Waals surface area contributed by atoms with Crippen molar-refractivity contribution >= 4 is 38.4 Å². The SMILES string of the molecule is CC1CCN(C(=O)[C@H](Cc2cccc(N)c2)NS(=O)(=O)c2ccc3ccccc3c2)C(C(=O)O)C1. The number of aliphatic carboxylic acids is 1. The molecule has 2 unspecified atom stereocenters. The molecule has 0 radical (unpaired) electrons. The van der Waals surface area contributed by atoms with Gasteiger partial charge in [0.15, 0.2) is 0 Å². The predicted molar refractivity (Wildman–Crippen MR) is 134 cm³/mol. The quantitative estimate of drug-likeness (QED) is 0.432. The summed E-state index contributed by atoms with van der Waals surface area (Å²) >= 11 is 0. The van der Waals surface area contributed by atoms with E-state index in [9.17, 15) is 23.1 Å². The van der Waals surface area contributed by atoms with Crippen LogP contribution in [-0.4, -0.2) is 48.9 Å². The molecule has 1 saturated heterocycles. The zero-order valence-corrected chi connectivity index (χ0v) is 20.2. The summed E-state index contributed by atoms with van der Waals surface area (Å²) in [4.78, 5) is 26.9. The van der Waals surface area contributed by atoms with E-state index in [1.165, 1.54) is 11.0 Å². The van der Waals surface area contributed by atoms with Gasteiger partial charge in [-0.2, -0.15) is 4.72 Å². The van der Waals surface area contributed by atoms with Gasteiger partial charge in [0.25, 0.3) is 0 Å².